The summed E-state index contributed by atoms with van der Waals surface area (Å²) >= 11 is 11.9. The van der Waals surface area contributed by atoms with Crippen molar-refractivity contribution in [3.8, 4) is 11.8 Å². The van der Waals surface area contributed by atoms with Crippen LogP contribution in [0.15, 0.2) is 48.7 Å². The van der Waals surface area contributed by atoms with Crippen LogP contribution in [0.3, 0.4) is 0 Å². The van der Waals surface area contributed by atoms with Gasteiger partial charge in [0.2, 0.25) is 5.78 Å². The Bertz CT molecular complexity index is 1130. The van der Waals surface area contributed by atoms with Gasteiger partial charge in [0.15, 0.2) is 6.61 Å². The highest BCUT2D eigenvalue weighted by Gasteiger charge is 2.16. The third-order valence-electron chi connectivity index (χ3n) is 4.59. The summed E-state index contributed by atoms with van der Waals surface area (Å²) in [5.74, 6) is -0.278. The summed E-state index contributed by atoms with van der Waals surface area (Å²) in [6, 6.07) is 14.5. The van der Waals surface area contributed by atoms with Crippen LogP contribution < -0.4 is 4.74 Å². The highest BCUT2D eigenvalue weighted by Crippen LogP contribution is 2.27. The van der Waals surface area contributed by atoms with E-state index in [1.54, 1.807) is 24.4 Å². The number of Topliss-reactive ketones (excluding diaryl/α,β-unsaturated/α-hetero) is 1. The lowest BCUT2D eigenvalue weighted by Gasteiger charge is -2.08. The standard InChI is InChI=1S/C23H20Cl2N2O4/c24-16-8-9-22(19(25)13-16)30-12-3-7-23(29)31-15-21(28)18-14-27(11-4-10-26)20-6-2-1-5-17(18)20/h1-2,5-6,8-9,13-14H,3-4,7,11-12,15H2. The molecular formula is C23H20Cl2N2O4. The molecule has 8 heteroatoms. The molecule has 31 heavy (non-hydrogen) atoms. The minimum Gasteiger partial charge on any atom is -0.492 e. The fourth-order valence-corrected chi connectivity index (χ4v) is 3.57. The van der Waals surface area contributed by atoms with Crippen molar-refractivity contribution in [2.24, 2.45) is 0 Å². The van der Waals surface area contributed by atoms with Crippen LogP contribution in [-0.2, 0) is 16.1 Å². The van der Waals surface area contributed by atoms with Crippen LogP contribution in [0.5, 0.6) is 5.75 Å². The maximum Gasteiger partial charge on any atom is 0.306 e. The van der Waals surface area contributed by atoms with E-state index in [2.05, 4.69) is 6.07 Å². The third-order valence-corrected chi connectivity index (χ3v) is 5.12. The molecule has 2 aromatic carbocycles. The molecule has 6 nitrogen and oxygen atoms in total. The smallest absolute Gasteiger partial charge is 0.306 e. The van der Waals surface area contributed by atoms with E-state index >= 15 is 0 Å². The van der Waals surface area contributed by atoms with Gasteiger partial charge in [0.1, 0.15) is 5.75 Å². The van der Waals surface area contributed by atoms with Crippen molar-refractivity contribution in [2.75, 3.05) is 13.2 Å². The zero-order valence-corrected chi connectivity index (χ0v) is 18.2. The lowest BCUT2D eigenvalue weighted by molar-refractivity contribution is -0.142. The third kappa shape index (κ3) is 6.00. The van der Waals surface area contributed by atoms with Crippen LogP contribution >= 0.6 is 23.2 Å². The number of benzene rings is 2. The first-order chi connectivity index (χ1) is 15.0. The highest BCUT2D eigenvalue weighted by atomic mass is 35.5. The number of fused-ring (bicyclic) bond motifs is 1. The molecule has 0 atom stereocenters. The number of hydrogen-bond donors (Lipinski definition) is 0. The summed E-state index contributed by atoms with van der Waals surface area (Å²) in [5.41, 5.74) is 1.34. The molecule has 160 valence electrons. The number of rotatable bonds is 10. The van der Waals surface area contributed by atoms with Crippen LogP contribution in [0, 0.1) is 11.3 Å². The van der Waals surface area contributed by atoms with E-state index in [1.807, 2.05) is 28.8 Å². The summed E-state index contributed by atoms with van der Waals surface area (Å²) in [6.45, 7) is 0.424. The molecule has 1 aromatic heterocycles. The van der Waals surface area contributed by atoms with E-state index < -0.39 is 5.97 Å². The fourth-order valence-electron chi connectivity index (χ4n) is 3.11. The second-order valence-corrected chi connectivity index (χ2v) is 7.62. The maximum absolute atomic E-state index is 12.6. The van der Waals surface area contributed by atoms with Crippen LogP contribution in [0.1, 0.15) is 29.6 Å². The van der Waals surface area contributed by atoms with Gasteiger partial charge in [-0.1, -0.05) is 41.4 Å². The Hall–Kier alpha value is -3.01. The summed E-state index contributed by atoms with van der Waals surface area (Å²) in [7, 11) is 0. The zero-order valence-electron chi connectivity index (χ0n) is 16.6. The molecule has 0 N–H and O–H groups in total. The Kier molecular flexibility index (Phi) is 7.94. The largest absolute Gasteiger partial charge is 0.492 e. The van der Waals surface area contributed by atoms with Gasteiger partial charge < -0.3 is 14.0 Å². The van der Waals surface area contributed by atoms with Gasteiger partial charge in [-0.15, -0.1) is 0 Å². The Morgan fingerprint density at radius 2 is 1.94 bits per heavy atom. The van der Waals surface area contributed by atoms with Crippen molar-refractivity contribution in [3.05, 3.63) is 64.3 Å². The van der Waals surface area contributed by atoms with E-state index in [9.17, 15) is 9.59 Å². The van der Waals surface area contributed by atoms with Crippen LogP contribution in [0.2, 0.25) is 10.0 Å². The maximum atomic E-state index is 12.6. The first-order valence-electron chi connectivity index (χ1n) is 9.71. The molecule has 0 aliphatic rings. The number of ether oxygens (including phenoxy) is 2. The number of hydrogen-bond acceptors (Lipinski definition) is 5. The average Bonchev–Trinajstić information content (AvgIpc) is 3.13. The van der Waals surface area contributed by atoms with E-state index in [-0.39, 0.29) is 25.4 Å². The number of halogens is 2. The number of carbonyl (C=O) groups excluding carboxylic acids is 2. The number of nitriles is 1. The molecule has 0 bridgehead atoms. The van der Waals surface area contributed by atoms with Crippen LogP contribution in [0.4, 0.5) is 0 Å². The van der Waals surface area contributed by atoms with Gasteiger partial charge in [0.25, 0.3) is 0 Å². The normalized spacial score (nSPS) is 10.6. The van der Waals surface area contributed by atoms with Crippen LogP contribution in [-0.4, -0.2) is 29.5 Å². The predicted octanol–water partition coefficient (Wildman–Crippen LogP) is 5.45. The molecule has 1 heterocycles. The molecule has 0 fully saturated rings. The average molecular weight is 459 g/mol. The Balaban J connectivity index is 1.49. The minimum absolute atomic E-state index is 0.114. The van der Waals surface area contributed by atoms with Crippen molar-refractivity contribution in [1.29, 1.82) is 5.26 Å². The molecule has 0 saturated carbocycles. The van der Waals surface area contributed by atoms with Crippen molar-refractivity contribution < 1.29 is 19.1 Å². The fraction of sp³-hybridized carbons (Fsp3) is 0.261. The van der Waals surface area contributed by atoms with E-state index in [1.165, 1.54) is 0 Å². The zero-order chi connectivity index (χ0) is 22.2. The Morgan fingerprint density at radius 1 is 1.13 bits per heavy atom. The topological polar surface area (TPSA) is 81.3 Å². The first-order valence-corrected chi connectivity index (χ1v) is 10.5. The van der Waals surface area contributed by atoms with Gasteiger partial charge in [-0.3, -0.25) is 9.59 Å². The lowest BCUT2D eigenvalue weighted by Crippen LogP contribution is -2.14. The highest BCUT2D eigenvalue weighted by molar-refractivity contribution is 6.35. The van der Waals surface area contributed by atoms with Crippen LogP contribution in [0.25, 0.3) is 10.9 Å². The number of aromatic nitrogens is 1. The lowest BCUT2D eigenvalue weighted by atomic mass is 10.1. The van der Waals surface area contributed by atoms with Gasteiger partial charge in [-0.2, -0.15) is 5.26 Å². The second-order valence-electron chi connectivity index (χ2n) is 6.77. The monoisotopic (exact) mass is 458 g/mol. The summed E-state index contributed by atoms with van der Waals surface area (Å²) < 4.78 is 12.5. The van der Waals surface area contributed by atoms with Crippen molar-refractivity contribution >= 4 is 45.9 Å². The van der Waals surface area contributed by atoms with Gasteiger partial charge in [0.05, 0.1) is 24.1 Å². The number of ketones is 1. The molecule has 0 radical (unpaired) electrons. The molecule has 0 aliphatic carbocycles. The van der Waals surface area contributed by atoms with Crippen molar-refractivity contribution in [3.63, 3.8) is 0 Å². The molecule has 3 aromatic rings. The molecule has 0 amide bonds. The molecule has 0 unspecified atom stereocenters. The van der Waals surface area contributed by atoms with Gasteiger partial charge in [0, 0.05) is 40.7 Å². The quantitative estimate of drug-likeness (QED) is 0.229. The predicted molar refractivity (Wildman–Crippen MR) is 119 cm³/mol. The first kappa shape index (κ1) is 22.7. The number of carbonyl (C=O) groups is 2. The molecule has 0 aliphatic heterocycles. The second kappa shape index (κ2) is 10.9. The van der Waals surface area contributed by atoms with Gasteiger partial charge in [-0.05, 0) is 30.7 Å². The molecule has 0 spiro atoms. The van der Waals surface area contributed by atoms with E-state index in [0.717, 1.165) is 10.9 Å². The van der Waals surface area contributed by atoms with Crippen molar-refractivity contribution in [2.45, 2.75) is 25.8 Å². The number of para-hydroxylation sites is 1. The summed E-state index contributed by atoms with van der Waals surface area (Å²) in [6.07, 6.45) is 2.58. The Morgan fingerprint density at radius 3 is 2.71 bits per heavy atom. The van der Waals surface area contributed by atoms with Crippen molar-refractivity contribution in [1.82, 2.24) is 4.57 Å². The minimum atomic E-state index is -0.479. The number of aryl methyl sites for hydroxylation is 1. The molecular weight excluding hydrogens is 439 g/mol. The van der Waals surface area contributed by atoms with E-state index in [4.69, 9.17) is 37.9 Å². The molecule has 3 rings (SSSR count). The SMILES string of the molecule is N#CCCn1cc(C(=O)COC(=O)CCCOc2ccc(Cl)cc2Cl)c2ccccc21. The van der Waals surface area contributed by atoms with Gasteiger partial charge >= 0.3 is 5.97 Å². The van der Waals surface area contributed by atoms with E-state index in [0.29, 0.717) is 40.7 Å². The van der Waals surface area contributed by atoms with Gasteiger partial charge in [-0.25, -0.2) is 0 Å². The number of esters is 1. The summed E-state index contributed by atoms with van der Waals surface area (Å²) in [5, 5.41) is 10.5. The Labute approximate surface area is 189 Å². The molecule has 0 saturated heterocycles. The number of nitrogens with zero attached hydrogens (tertiary/aromatic N) is 2. The summed E-state index contributed by atoms with van der Waals surface area (Å²) in [4.78, 5) is 24.6.